The van der Waals surface area contributed by atoms with Crippen molar-refractivity contribution >= 4 is 40.2 Å². The number of anilines is 1. The lowest BCUT2D eigenvalue weighted by Crippen LogP contribution is -2.44. The number of benzene rings is 2. The van der Waals surface area contributed by atoms with Crippen molar-refractivity contribution in [3.05, 3.63) is 70.9 Å². The number of carbonyl (C=O) groups is 2. The van der Waals surface area contributed by atoms with Crippen molar-refractivity contribution in [2.45, 2.75) is 19.0 Å². The molecule has 0 radical (unpaired) electrons. The molecule has 0 aliphatic heterocycles. The minimum absolute atomic E-state index is 0.0348. The summed E-state index contributed by atoms with van der Waals surface area (Å²) in [6.45, 7) is -0.917. The number of pyridine rings is 1. The van der Waals surface area contributed by atoms with E-state index in [1.807, 2.05) is 0 Å². The van der Waals surface area contributed by atoms with E-state index < -0.39 is 35.6 Å². The number of hydrogen-bond acceptors (Lipinski definition) is 7. The number of fused-ring (bicyclic) bond motifs is 1. The van der Waals surface area contributed by atoms with E-state index >= 15 is 0 Å². The highest BCUT2D eigenvalue weighted by molar-refractivity contribution is 6.31. The third-order valence-corrected chi connectivity index (χ3v) is 5.88. The first-order chi connectivity index (χ1) is 17.8. The Bertz CT molecular complexity index is 1230. The van der Waals surface area contributed by atoms with Crippen LogP contribution in [0.2, 0.25) is 5.02 Å². The van der Waals surface area contributed by atoms with Crippen molar-refractivity contribution in [2.24, 2.45) is 5.92 Å². The van der Waals surface area contributed by atoms with E-state index in [1.54, 1.807) is 12.1 Å². The standard InChI is InChI=1S/C25H27ClF2N4O5/c26-24-17(2-1-3-21(24)28)9-29-11-23(35)31-20(6-15(12-33)13-34)14-37-25(36)32-22-8-18-7-19(27)5-4-16(18)10-30-22/h1-5,7-8,10,15,20,29,33-34H,6,9,11-14H2,(H,31,35)(H,30,32,36)/t20-/m0/s1. The Balaban J connectivity index is 1.53. The molecule has 37 heavy (non-hydrogen) atoms. The molecule has 0 spiro atoms. The quantitative estimate of drug-likeness (QED) is 0.240. The first-order valence-electron chi connectivity index (χ1n) is 11.4. The number of rotatable bonds is 12. The molecular weight excluding hydrogens is 510 g/mol. The van der Waals surface area contributed by atoms with Crippen LogP contribution in [-0.2, 0) is 16.1 Å². The van der Waals surface area contributed by atoms with E-state index in [0.717, 1.165) is 0 Å². The predicted octanol–water partition coefficient (Wildman–Crippen LogP) is 2.98. The summed E-state index contributed by atoms with van der Waals surface area (Å²) in [6.07, 6.45) is 0.755. The second-order valence-electron chi connectivity index (χ2n) is 8.33. The fourth-order valence-corrected chi connectivity index (χ4v) is 3.74. The monoisotopic (exact) mass is 536 g/mol. The van der Waals surface area contributed by atoms with Crippen molar-refractivity contribution in [3.8, 4) is 0 Å². The second-order valence-corrected chi connectivity index (χ2v) is 8.71. The molecule has 0 saturated heterocycles. The summed E-state index contributed by atoms with van der Waals surface area (Å²) >= 11 is 5.91. The largest absolute Gasteiger partial charge is 0.447 e. The van der Waals surface area contributed by atoms with Gasteiger partial charge in [-0.2, -0.15) is 0 Å². The molecule has 2 aromatic carbocycles. The van der Waals surface area contributed by atoms with Gasteiger partial charge in [0.2, 0.25) is 5.91 Å². The smallest absolute Gasteiger partial charge is 0.412 e. The molecule has 3 rings (SSSR count). The van der Waals surface area contributed by atoms with Crippen molar-refractivity contribution in [3.63, 3.8) is 0 Å². The molecule has 5 N–H and O–H groups in total. The molecule has 0 aliphatic rings. The van der Waals surface area contributed by atoms with Crippen LogP contribution < -0.4 is 16.0 Å². The van der Waals surface area contributed by atoms with Gasteiger partial charge in [-0.25, -0.2) is 18.6 Å². The van der Waals surface area contributed by atoms with Gasteiger partial charge < -0.3 is 25.6 Å². The Morgan fingerprint density at radius 3 is 2.62 bits per heavy atom. The summed E-state index contributed by atoms with van der Waals surface area (Å²) in [6, 6.07) is 9.30. The number of hydrogen-bond donors (Lipinski definition) is 5. The number of aliphatic hydroxyl groups is 2. The third kappa shape index (κ3) is 8.60. The van der Waals surface area contributed by atoms with Crippen LogP contribution in [0, 0.1) is 17.6 Å². The summed E-state index contributed by atoms with van der Waals surface area (Å²) in [4.78, 5) is 28.8. The van der Waals surface area contributed by atoms with Crippen LogP contribution >= 0.6 is 11.6 Å². The van der Waals surface area contributed by atoms with Gasteiger partial charge in [-0.15, -0.1) is 0 Å². The van der Waals surface area contributed by atoms with Gasteiger partial charge in [-0.05, 0) is 47.7 Å². The van der Waals surface area contributed by atoms with E-state index in [0.29, 0.717) is 16.3 Å². The minimum Gasteiger partial charge on any atom is -0.447 e. The number of carbonyl (C=O) groups excluding carboxylic acids is 2. The lowest BCUT2D eigenvalue weighted by atomic mass is 10.0. The van der Waals surface area contributed by atoms with Gasteiger partial charge in [-0.1, -0.05) is 23.7 Å². The number of ether oxygens (including phenoxy) is 1. The van der Waals surface area contributed by atoms with Crippen LogP contribution in [0.25, 0.3) is 10.8 Å². The van der Waals surface area contributed by atoms with Crippen molar-refractivity contribution in [2.75, 3.05) is 31.7 Å². The van der Waals surface area contributed by atoms with Crippen LogP contribution in [0.4, 0.5) is 19.4 Å². The number of amides is 2. The summed E-state index contributed by atoms with van der Waals surface area (Å²) in [5.74, 6) is -1.84. The maximum absolute atomic E-state index is 13.6. The SMILES string of the molecule is O=C(CNCc1cccc(F)c1Cl)N[C@H](COC(=O)Nc1cc2cc(F)ccc2cn1)CC(CO)CO. The number of nitrogens with zero attached hydrogens (tertiary/aromatic N) is 1. The summed E-state index contributed by atoms with van der Waals surface area (Å²) in [7, 11) is 0. The number of nitrogens with one attached hydrogen (secondary N) is 3. The van der Waals surface area contributed by atoms with E-state index in [9.17, 15) is 28.6 Å². The number of halogens is 3. The normalized spacial score (nSPS) is 11.9. The van der Waals surface area contributed by atoms with Gasteiger partial charge in [0, 0.05) is 37.3 Å². The number of aliphatic hydroxyl groups excluding tert-OH is 2. The summed E-state index contributed by atoms with van der Waals surface area (Å²) < 4.78 is 32.2. The highest BCUT2D eigenvalue weighted by atomic mass is 35.5. The molecule has 2 amide bonds. The molecule has 9 nitrogen and oxygen atoms in total. The molecule has 198 valence electrons. The predicted molar refractivity (Wildman–Crippen MR) is 134 cm³/mol. The van der Waals surface area contributed by atoms with Crippen LogP contribution in [0.1, 0.15) is 12.0 Å². The Kier molecular flexibility index (Phi) is 10.5. The van der Waals surface area contributed by atoms with Crippen LogP contribution in [0.5, 0.6) is 0 Å². The van der Waals surface area contributed by atoms with Gasteiger partial charge in [0.25, 0.3) is 0 Å². The van der Waals surface area contributed by atoms with E-state index in [-0.39, 0.29) is 50.2 Å². The van der Waals surface area contributed by atoms with E-state index in [4.69, 9.17) is 16.3 Å². The van der Waals surface area contributed by atoms with Crippen LogP contribution in [0.15, 0.2) is 48.7 Å². The topological polar surface area (TPSA) is 133 Å². The van der Waals surface area contributed by atoms with Gasteiger partial charge in [-0.3, -0.25) is 10.1 Å². The molecule has 1 atom stereocenters. The Hall–Kier alpha value is -3.38. The molecule has 0 fully saturated rings. The Morgan fingerprint density at radius 1 is 1.08 bits per heavy atom. The lowest BCUT2D eigenvalue weighted by Gasteiger charge is -2.22. The molecule has 0 saturated carbocycles. The summed E-state index contributed by atoms with van der Waals surface area (Å²) in [5, 5.41) is 28.0. The fourth-order valence-electron chi connectivity index (χ4n) is 3.55. The minimum atomic E-state index is -0.856. The number of aromatic nitrogens is 1. The zero-order chi connectivity index (χ0) is 26.8. The zero-order valence-electron chi connectivity index (χ0n) is 19.7. The van der Waals surface area contributed by atoms with Crippen molar-refractivity contribution < 1.29 is 33.3 Å². The van der Waals surface area contributed by atoms with Gasteiger partial charge in [0.1, 0.15) is 24.1 Å². The van der Waals surface area contributed by atoms with Gasteiger partial charge in [0.05, 0.1) is 17.6 Å². The first kappa shape index (κ1) is 28.2. The first-order valence-corrected chi connectivity index (χ1v) is 11.8. The Morgan fingerprint density at radius 2 is 1.86 bits per heavy atom. The van der Waals surface area contributed by atoms with Crippen molar-refractivity contribution in [1.82, 2.24) is 15.6 Å². The maximum atomic E-state index is 13.6. The molecule has 0 bridgehead atoms. The maximum Gasteiger partial charge on any atom is 0.412 e. The Labute approximate surface area is 216 Å². The molecule has 12 heteroatoms. The van der Waals surface area contributed by atoms with Crippen LogP contribution in [-0.4, -0.2) is 59.6 Å². The fraction of sp³-hybridized carbons (Fsp3) is 0.320. The zero-order valence-corrected chi connectivity index (χ0v) is 20.5. The molecule has 3 aromatic rings. The van der Waals surface area contributed by atoms with E-state index in [2.05, 4.69) is 20.9 Å². The average Bonchev–Trinajstić information content (AvgIpc) is 2.87. The van der Waals surface area contributed by atoms with Gasteiger partial charge >= 0.3 is 6.09 Å². The molecule has 0 unspecified atom stereocenters. The third-order valence-electron chi connectivity index (χ3n) is 5.46. The average molecular weight is 537 g/mol. The molecule has 0 aliphatic carbocycles. The lowest BCUT2D eigenvalue weighted by molar-refractivity contribution is -0.121. The van der Waals surface area contributed by atoms with Crippen LogP contribution in [0.3, 0.4) is 0 Å². The molecular formula is C25H27ClF2N4O5. The highest BCUT2D eigenvalue weighted by Crippen LogP contribution is 2.19. The van der Waals surface area contributed by atoms with Gasteiger partial charge in [0.15, 0.2) is 0 Å². The summed E-state index contributed by atoms with van der Waals surface area (Å²) in [5.41, 5.74) is 0.483. The second kappa shape index (κ2) is 13.8. The molecule has 1 aromatic heterocycles. The van der Waals surface area contributed by atoms with Crippen molar-refractivity contribution in [1.29, 1.82) is 0 Å². The molecule has 1 heterocycles. The van der Waals surface area contributed by atoms with E-state index in [1.165, 1.54) is 36.5 Å². The highest BCUT2D eigenvalue weighted by Gasteiger charge is 2.20.